The van der Waals surface area contributed by atoms with Crippen LogP contribution in [0.4, 0.5) is 0 Å². The van der Waals surface area contributed by atoms with Crippen LogP contribution in [0.25, 0.3) is 27.5 Å². The van der Waals surface area contributed by atoms with Crippen molar-refractivity contribution in [2.24, 2.45) is 0 Å². The van der Waals surface area contributed by atoms with E-state index in [1.807, 2.05) is 0 Å². The van der Waals surface area contributed by atoms with Crippen molar-refractivity contribution in [3.8, 4) is 5.69 Å². The Morgan fingerprint density at radius 2 is 1.67 bits per heavy atom. The number of aryl methyl sites for hydroxylation is 1. The number of nitrogens with zero attached hydrogens (tertiary/aromatic N) is 1. The monoisotopic (exact) mass is 269 g/mol. The average molecular weight is 269 g/mol. The second kappa shape index (κ2) is 3.76. The molecular formula is C20H15N. The zero-order chi connectivity index (χ0) is 14.0. The van der Waals surface area contributed by atoms with Crippen LogP contribution in [0.5, 0.6) is 0 Å². The topological polar surface area (TPSA) is 4.93 Å². The molecule has 1 aliphatic rings. The van der Waals surface area contributed by atoms with E-state index in [2.05, 4.69) is 72.2 Å². The summed E-state index contributed by atoms with van der Waals surface area (Å²) < 4.78 is 2.44. The molecule has 1 heteroatoms. The zero-order valence-electron chi connectivity index (χ0n) is 11.9. The highest BCUT2D eigenvalue weighted by Gasteiger charge is 2.21. The predicted molar refractivity (Wildman–Crippen MR) is 88.3 cm³/mol. The van der Waals surface area contributed by atoms with Crippen molar-refractivity contribution in [2.45, 2.75) is 13.3 Å². The summed E-state index contributed by atoms with van der Waals surface area (Å²) in [7, 11) is 0. The molecule has 0 fully saturated rings. The molecule has 1 aliphatic heterocycles. The molecule has 0 saturated heterocycles. The fraction of sp³-hybridized carbons (Fsp3) is 0.100. The standard InChI is InChI=1S/C20H15N/c1-13-9-10-18-15(11-13)12-14-5-4-7-17-16-6-2-3-8-19(16)21(18)20(14)17/h2-11H,12H2,1H3. The van der Waals surface area contributed by atoms with Gasteiger partial charge >= 0.3 is 0 Å². The molecule has 0 bridgehead atoms. The van der Waals surface area contributed by atoms with E-state index in [1.54, 1.807) is 0 Å². The molecule has 1 aromatic heterocycles. The highest BCUT2D eigenvalue weighted by Crippen LogP contribution is 2.39. The predicted octanol–water partition coefficient (Wildman–Crippen LogP) is 5.00. The Balaban J connectivity index is 2.07. The fourth-order valence-electron chi connectivity index (χ4n) is 3.76. The number of hydrogen-bond acceptors (Lipinski definition) is 0. The fourth-order valence-corrected chi connectivity index (χ4v) is 3.76. The average Bonchev–Trinajstić information content (AvgIpc) is 2.84. The normalized spacial score (nSPS) is 12.8. The van der Waals surface area contributed by atoms with Crippen molar-refractivity contribution in [3.05, 3.63) is 77.4 Å². The van der Waals surface area contributed by atoms with Gasteiger partial charge < -0.3 is 4.57 Å². The molecule has 0 saturated carbocycles. The molecule has 1 nitrogen and oxygen atoms in total. The van der Waals surface area contributed by atoms with Gasteiger partial charge in [0.2, 0.25) is 0 Å². The van der Waals surface area contributed by atoms with Crippen molar-refractivity contribution in [2.75, 3.05) is 0 Å². The summed E-state index contributed by atoms with van der Waals surface area (Å²) in [5.41, 5.74) is 8.23. The Morgan fingerprint density at radius 1 is 0.810 bits per heavy atom. The van der Waals surface area contributed by atoms with Crippen molar-refractivity contribution < 1.29 is 0 Å². The van der Waals surface area contributed by atoms with Crippen molar-refractivity contribution in [3.63, 3.8) is 0 Å². The van der Waals surface area contributed by atoms with E-state index in [9.17, 15) is 0 Å². The highest BCUT2D eigenvalue weighted by atomic mass is 15.0. The van der Waals surface area contributed by atoms with Crippen molar-refractivity contribution >= 4 is 21.8 Å². The third-order valence-corrected chi connectivity index (χ3v) is 4.64. The minimum absolute atomic E-state index is 1.03. The van der Waals surface area contributed by atoms with Crippen molar-refractivity contribution in [1.29, 1.82) is 0 Å². The van der Waals surface area contributed by atoms with E-state index in [-0.39, 0.29) is 0 Å². The second-order valence-corrected chi connectivity index (χ2v) is 5.97. The molecule has 5 rings (SSSR count). The summed E-state index contributed by atoms with van der Waals surface area (Å²) >= 11 is 0. The van der Waals surface area contributed by atoms with Gasteiger partial charge in [0.05, 0.1) is 11.0 Å². The molecule has 0 N–H and O–H groups in total. The molecule has 0 aliphatic carbocycles. The van der Waals surface area contributed by atoms with Gasteiger partial charge in [-0.15, -0.1) is 0 Å². The van der Waals surface area contributed by atoms with E-state index in [4.69, 9.17) is 0 Å². The molecule has 0 radical (unpaired) electrons. The Labute approximate surface area is 123 Å². The molecule has 0 atom stereocenters. The van der Waals surface area contributed by atoms with Gasteiger partial charge in [0.15, 0.2) is 0 Å². The van der Waals surface area contributed by atoms with Gasteiger partial charge in [0.1, 0.15) is 0 Å². The summed E-state index contributed by atoms with van der Waals surface area (Å²) in [5, 5.41) is 2.72. The van der Waals surface area contributed by atoms with E-state index < -0.39 is 0 Å². The molecule has 0 unspecified atom stereocenters. The summed E-state index contributed by atoms with van der Waals surface area (Å²) in [6, 6.07) is 22.2. The first-order chi connectivity index (χ1) is 10.3. The molecule has 4 aromatic rings. The number of hydrogen-bond donors (Lipinski definition) is 0. The summed E-state index contributed by atoms with van der Waals surface area (Å²) in [6.45, 7) is 2.17. The lowest BCUT2D eigenvalue weighted by Gasteiger charge is -2.21. The van der Waals surface area contributed by atoms with Crippen LogP contribution in [0.15, 0.2) is 60.7 Å². The van der Waals surface area contributed by atoms with E-state index in [0.29, 0.717) is 0 Å². The third kappa shape index (κ3) is 1.36. The summed E-state index contributed by atoms with van der Waals surface area (Å²) in [5.74, 6) is 0. The lowest BCUT2D eigenvalue weighted by atomic mass is 9.96. The maximum Gasteiger partial charge on any atom is 0.0576 e. The lowest BCUT2D eigenvalue weighted by molar-refractivity contribution is 1.04. The molecule has 0 amide bonds. The van der Waals surface area contributed by atoms with Crippen LogP contribution in [0.3, 0.4) is 0 Å². The van der Waals surface area contributed by atoms with Crippen LogP contribution in [0.1, 0.15) is 16.7 Å². The smallest absolute Gasteiger partial charge is 0.0576 e. The van der Waals surface area contributed by atoms with Gasteiger partial charge in [0, 0.05) is 22.9 Å². The van der Waals surface area contributed by atoms with Crippen LogP contribution in [-0.4, -0.2) is 4.57 Å². The lowest BCUT2D eigenvalue weighted by Crippen LogP contribution is -2.07. The molecule has 100 valence electrons. The van der Waals surface area contributed by atoms with Crippen LogP contribution in [0, 0.1) is 6.92 Å². The summed E-state index contributed by atoms with van der Waals surface area (Å²) in [4.78, 5) is 0. The Kier molecular flexibility index (Phi) is 2.00. The quantitative estimate of drug-likeness (QED) is 0.373. The van der Waals surface area contributed by atoms with Gasteiger partial charge in [-0.2, -0.15) is 0 Å². The van der Waals surface area contributed by atoms with Crippen LogP contribution in [-0.2, 0) is 6.42 Å². The van der Waals surface area contributed by atoms with Crippen LogP contribution in [0.2, 0.25) is 0 Å². The van der Waals surface area contributed by atoms with Crippen molar-refractivity contribution in [1.82, 2.24) is 4.57 Å². The van der Waals surface area contributed by atoms with Gasteiger partial charge in [-0.1, -0.05) is 54.1 Å². The third-order valence-electron chi connectivity index (χ3n) is 4.64. The van der Waals surface area contributed by atoms with E-state index >= 15 is 0 Å². The SMILES string of the molecule is Cc1ccc2c(c1)Cc1cccc3c4ccccc4n-2c13. The molecule has 2 heterocycles. The number of rotatable bonds is 0. The first-order valence-corrected chi connectivity index (χ1v) is 7.44. The Hall–Kier alpha value is -2.54. The maximum absolute atomic E-state index is 2.44. The number of para-hydroxylation sites is 2. The highest BCUT2D eigenvalue weighted by molar-refractivity contribution is 6.11. The van der Waals surface area contributed by atoms with Crippen LogP contribution < -0.4 is 0 Å². The largest absolute Gasteiger partial charge is 0.309 e. The minimum atomic E-state index is 1.03. The second-order valence-electron chi connectivity index (χ2n) is 5.97. The number of benzene rings is 3. The molecule has 0 spiro atoms. The first kappa shape index (κ1) is 11.2. The van der Waals surface area contributed by atoms with Gasteiger partial charge in [0.25, 0.3) is 0 Å². The Morgan fingerprint density at radius 3 is 2.62 bits per heavy atom. The van der Waals surface area contributed by atoms with Gasteiger partial charge in [-0.25, -0.2) is 0 Å². The van der Waals surface area contributed by atoms with Gasteiger partial charge in [-0.3, -0.25) is 0 Å². The maximum atomic E-state index is 2.44. The molecule has 3 aromatic carbocycles. The number of aromatic nitrogens is 1. The molecule has 21 heavy (non-hydrogen) atoms. The zero-order valence-corrected chi connectivity index (χ0v) is 11.9. The Bertz CT molecular complexity index is 1020. The van der Waals surface area contributed by atoms with E-state index in [1.165, 1.54) is 44.2 Å². The van der Waals surface area contributed by atoms with E-state index in [0.717, 1.165) is 6.42 Å². The summed E-state index contributed by atoms with van der Waals surface area (Å²) in [6.07, 6.45) is 1.03. The first-order valence-electron chi connectivity index (χ1n) is 7.44. The van der Waals surface area contributed by atoms with Gasteiger partial charge in [-0.05, 0) is 30.2 Å². The van der Waals surface area contributed by atoms with Crippen LogP contribution >= 0.6 is 0 Å². The number of fused-ring (bicyclic) bond motifs is 5. The minimum Gasteiger partial charge on any atom is -0.309 e. The molecular weight excluding hydrogens is 254 g/mol.